The zero-order chi connectivity index (χ0) is 32.6. The molecule has 2 aliphatic carbocycles. The van der Waals surface area contributed by atoms with Crippen LogP contribution in [0.4, 0.5) is 0 Å². The molecule has 1 aliphatic heterocycles. The van der Waals surface area contributed by atoms with Crippen molar-refractivity contribution in [3.8, 4) is 28.8 Å². The summed E-state index contributed by atoms with van der Waals surface area (Å²) < 4.78 is 17.5. The van der Waals surface area contributed by atoms with Crippen LogP contribution >= 0.6 is 0 Å². The van der Waals surface area contributed by atoms with E-state index >= 15 is 0 Å². The first-order valence-electron chi connectivity index (χ1n) is 15.8. The second-order valence-corrected chi connectivity index (χ2v) is 12.6. The molecule has 242 valence electrons. The van der Waals surface area contributed by atoms with Gasteiger partial charge in [-0.05, 0) is 81.8 Å². The van der Waals surface area contributed by atoms with E-state index in [-0.39, 0.29) is 18.2 Å². The molecule has 2 fully saturated rings. The van der Waals surface area contributed by atoms with Crippen LogP contribution in [0.5, 0.6) is 17.4 Å². The monoisotopic (exact) mass is 628 g/mol. The van der Waals surface area contributed by atoms with Crippen LogP contribution in [0.3, 0.4) is 0 Å². The highest BCUT2D eigenvalue weighted by molar-refractivity contribution is 5.94. The molecule has 1 aromatic heterocycles. The minimum absolute atomic E-state index is 0.136. The Bertz CT molecular complexity index is 1690. The number of hydrogen-bond acceptors (Lipinski definition) is 8. The molecule has 46 heavy (non-hydrogen) atoms. The van der Waals surface area contributed by atoms with Crippen molar-refractivity contribution in [2.75, 3.05) is 27.8 Å². The van der Waals surface area contributed by atoms with Crippen LogP contribution < -0.4 is 19.5 Å². The van der Waals surface area contributed by atoms with Crippen molar-refractivity contribution < 1.29 is 33.7 Å². The number of carbonyl (C=O) groups is 3. The molecular formula is C35H40N4O7. The first-order chi connectivity index (χ1) is 22.1. The number of carboxylic acids is 1. The molecule has 3 aliphatic rings. The van der Waals surface area contributed by atoms with Crippen LogP contribution in [0.2, 0.25) is 0 Å². The number of aliphatic carboxylic acids is 1. The van der Waals surface area contributed by atoms with E-state index in [0.717, 1.165) is 30.4 Å². The van der Waals surface area contributed by atoms with Crippen molar-refractivity contribution in [2.24, 2.45) is 17.8 Å². The van der Waals surface area contributed by atoms with Gasteiger partial charge >= 0.3 is 5.97 Å². The van der Waals surface area contributed by atoms with E-state index in [2.05, 4.69) is 5.32 Å². The van der Waals surface area contributed by atoms with Gasteiger partial charge in [-0.1, -0.05) is 12.2 Å². The number of nitrogens with one attached hydrogen (secondary N) is 1. The molecule has 0 bridgehead atoms. The van der Waals surface area contributed by atoms with Crippen LogP contribution in [0.25, 0.3) is 22.3 Å². The van der Waals surface area contributed by atoms with Crippen molar-refractivity contribution in [2.45, 2.75) is 57.1 Å². The highest BCUT2D eigenvalue weighted by Crippen LogP contribution is 2.46. The van der Waals surface area contributed by atoms with E-state index in [1.54, 1.807) is 26.2 Å². The van der Waals surface area contributed by atoms with Crippen LogP contribution in [-0.2, 0) is 14.4 Å². The molecule has 2 saturated carbocycles. The number of carbonyl (C=O) groups excluding carboxylic acids is 2. The number of aromatic nitrogens is 2. The Labute approximate surface area is 267 Å². The average molecular weight is 629 g/mol. The molecule has 6 rings (SSSR count). The SMILES string of the molecule is COc1ccc(-c2nc(OC3CC4C(=O)NC5(C(=O)O)CC5C=CCCCCN(C)C(=O)C4C3)c3ccc(OC)c(C)c3n2)cc1. The summed E-state index contributed by atoms with van der Waals surface area (Å²) in [6, 6.07) is 11.1. The molecule has 11 heteroatoms. The molecule has 2 heterocycles. The number of carboxylic acid groups (broad SMARTS) is 1. The van der Waals surface area contributed by atoms with E-state index < -0.39 is 35.4 Å². The van der Waals surface area contributed by atoms with Gasteiger partial charge in [0.25, 0.3) is 0 Å². The summed E-state index contributed by atoms with van der Waals surface area (Å²) in [5.41, 5.74) is 0.904. The maximum Gasteiger partial charge on any atom is 0.330 e. The number of allylic oxidation sites excluding steroid dienone is 1. The molecular weight excluding hydrogens is 588 g/mol. The van der Waals surface area contributed by atoms with E-state index in [1.165, 1.54) is 0 Å². The normalized spacial score (nSPS) is 26.5. The minimum atomic E-state index is -1.34. The Morgan fingerprint density at radius 3 is 2.50 bits per heavy atom. The summed E-state index contributed by atoms with van der Waals surface area (Å²) in [7, 11) is 4.97. The fraction of sp³-hybridized carbons (Fsp3) is 0.457. The largest absolute Gasteiger partial charge is 0.497 e. The number of rotatable bonds is 6. The highest BCUT2D eigenvalue weighted by Gasteiger charge is 2.61. The third kappa shape index (κ3) is 5.86. The molecule has 2 N–H and O–H groups in total. The number of hydrogen-bond donors (Lipinski definition) is 2. The molecule has 3 aromatic rings. The number of methoxy groups -OCH3 is 2. The van der Waals surface area contributed by atoms with E-state index in [0.29, 0.717) is 53.5 Å². The van der Waals surface area contributed by atoms with Crippen molar-refractivity contribution >= 4 is 28.7 Å². The van der Waals surface area contributed by atoms with Gasteiger partial charge in [0.05, 0.1) is 37.0 Å². The number of ether oxygens (including phenoxy) is 3. The third-order valence-electron chi connectivity index (χ3n) is 9.66. The lowest BCUT2D eigenvalue weighted by Crippen LogP contribution is -2.49. The van der Waals surface area contributed by atoms with Crippen LogP contribution in [0.15, 0.2) is 48.6 Å². The Kier molecular flexibility index (Phi) is 8.59. The van der Waals surface area contributed by atoms with Gasteiger partial charge in [-0.25, -0.2) is 9.78 Å². The van der Waals surface area contributed by atoms with Crippen molar-refractivity contribution in [3.63, 3.8) is 0 Å². The summed E-state index contributed by atoms with van der Waals surface area (Å²) in [5, 5.41) is 13.6. The quantitative estimate of drug-likeness (QED) is 0.376. The van der Waals surface area contributed by atoms with Gasteiger partial charge in [0.15, 0.2) is 5.82 Å². The summed E-state index contributed by atoms with van der Waals surface area (Å²) in [4.78, 5) is 51.3. The lowest BCUT2D eigenvalue weighted by Gasteiger charge is -2.26. The number of nitrogens with zero attached hydrogens (tertiary/aromatic N) is 3. The predicted molar refractivity (Wildman–Crippen MR) is 171 cm³/mol. The molecule has 2 aromatic carbocycles. The van der Waals surface area contributed by atoms with Crippen LogP contribution in [0.1, 0.15) is 44.1 Å². The summed E-state index contributed by atoms with van der Waals surface area (Å²) in [5.74, 6) is -1.14. The standard InChI is InChI=1S/C35H40N4O7/c1-20-28(45-4)15-14-25-29(20)36-30(21-10-12-23(44-3)13-11-21)37-32(25)46-24-17-26-27(18-24)33(41)39(2)16-8-6-5-7-9-22-19-35(22,34(42)43)38-31(26)40/h7,9-15,22,24,26-27H,5-6,8,16-19H2,1-4H3,(H,38,40)(H,42,43). The second kappa shape index (κ2) is 12.6. The van der Waals surface area contributed by atoms with Crippen molar-refractivity contribution in [1.29, 1.82) is 0 Å². The first-order valence-corrected chi connectivity index (χ1v) is 15.8. The zero-order valence-corrected chi connectivity index (χ0v) is 26.6. The number of aryl methyl sites for hydroxylation is 1. The Morgan fingerprint density at radius 1 is 1.02 bits per heavy atom. The fourth-order valence-corrected chi connectivity index (χ4v) is 6.81. The molecule has 5 unspecified atom stereocenters. The van der Waals surface area contributed by atoms with Gasteiger partial charge in [-0.2, -0.15) is 4.98 Å². The lowest BCUT2D eigenvalue weighted by atomic mass is 9.93. The smallest absolute Gasteiger partial charge is 0.330 e. The van der Waals surface area contributed by atoms with E-state index in [4.69, 9.17) is 24.2 Å². The Balaban J connectivity index is 1.35. The lowest BCUT2D eigenvalue weighted by molar-refractivity contribution is -0.145. The topological polar surface area (TPSA) is 140 Å². The number of benzene rings is 2. The predicted octanol–water partition coefficient (Wildman–Crippen LogP) is 4.55. The van der Waals surface area contributed by atoms with Gasteiger partial charge in [-0.3, -0.25) is 9.59 Å². The molecule has 2 amide bonds. The minimum Gasteiger partial charge on any atom is -0.497 e. The van der Waals surface area contributed by atoms with E-state index in [1.807, 2.05) is 55.5 Å². The summed E-state index contributed by atoms with van der Waals surface area (Å²) in [6.45, 7) is 2.50. The number of amides is 2. The third-order valence-corrected chi connectivity index (χ3v) is 9.66. The maximum absolute atomic E-state index is 13.8. The summed E-state index contributed by atoms with van der Waals surface area (Å²) in [6.07, 6.45) is 6.73. The van der Waals surface area contributed by atoms with Crippen molar-refractivity contribution in [3.05, 3.63) is 54.1 Å². The molecule has 0 saturated heterocycles. The summed E-state index contributed by atoms with van der Waals surface area (Å²) >= 11 is 0. The van der Waals surface area contributed by atoms with Crippen LogP contribution in [0, 0.1) is 24.7 Å². The number of fused-ring (bicyclic) bond motifs is 3. The first kappa shape index (κ1) is 31.3. The van der Waals surface area contributed by atoms with Gasteiger partial charge in [0.2, 0.25) is 17.7 Å². The fourth-order valence-electron chi connectivity index (χ4n) is 6.81. The van der Waals surface area contributed by atoms with Gasteiger partial charge in [0, 0.05) is 30.6 Å². The Morgan fingerprint density at radius 2 is 1.78 bits per heavy atom. The van der Waals surface area contributed by atoms with Gasteiger partial charge < -0.3 is 29.5 Å². The molecule has 11 nitrogen and oxygen atoms in total. The molecule has 0 spiro atoms. The second-order valence-electron chi connectivity index (χ2n) is 12.6. The van der Waals surface area contributed by atoms with Crippen molar-refractivity contribution in [1.82, 2.24) is 20.2 Å². The average Bonchev–Trinajstić information content (AvgIpc) is 3.59. The maximum atomic E-state index is 13.8. The van der Waals surface area contributed by atoms with E-state index in [9.17, 15) is 19.5 Å². The zero-order valence-electron chi connectivity index (χ0n) is 26.6. The highest BCUT2D eigenvalue weighted by atomic mass is 16.5. The van der Waals surface area contributed by atoms with Gasteiger partial charge in [-0.15, -0.1) is 0 Å². The Hall–Kier alpha value is -4.67. The van der Waals surface area contributed by atoms with Crippen LogP contribution in [-0.4, -0.2) is 77.2 Å². The molecule has 5 atom stereocenters. The molecule has 0 radical (unpaired) electrons. The van der Waals surface area contributed by atoms with Gasteiger partial charge in [0.1, 0.15) is 23.1 Å².